The van der Waals surface area contributed by atoms with Crippen molar-refractivity contribution in [1.29, 1.82) is 0 Å². The summed E-state index contributed by atoms with van der Waals surface area (Å²) in [6, 6.07) is 41.6. The molecule has 0 bridgehead atoms. The molecule has 5 rings (SSSR count). The van der Waals surface area contributed by atoms with Crippen LogP contribution in [0.4, 0.5) is 0 Å². The fourth-order valence-corrected chi connectivity index (χ4v) is 4.58. The van der Waals surface area contributed by atoms with Gasteiger partial charge in [0.1, 0.15) is 11.2 Å². The average Bonchev–Trinajstić information content (AvgIpc) is 3.24. The molecule has 0 spiro atoms. The molecule has 0 radical (unpaired) electrons. The van der Waals surface area contributed by atoms with Gasteiger partial charge in [0.2, 0.25) is 0 Å². The highest BCUT2D eigenvalue weighted by Crippen LogP contribution is 2.57. The Hall–Kier alpha value is -3.14. The van der Waals surface area contributed by atoms with Gasteiger partial charge in [0, 0.05) is 0 Å². The van der Waals surface area contributed by atoms with Crippen LogP contribution in [0.1, 0.15) is 22.3 Å². The summed E-state index contributed by atoms with van der Waals surface area (Å²) in [5, 5.41) is 0. The van der Waals surface area contributed by atoms with Crippen LogP contribution in [-0.4, -0.2) is 7.69 Å². The molecule has 0 unspecified atom stereocenters. The predicted molar refractivity (Wildman–Crippen MR) is 117 cm³/mol. The van der Waals surface area contributed by atoms with Gasteiger partial charge in [0.15, 0.2) is 0 Å². The fraction of sp³-hybridized carbons (Fsp3) is 0.0769. The zero-order valence-electron chi connectivity index (χ0n) is 16.1. The molecule has 3 heteroatoms. The Kier molecular flexibility index (Phi) is 4.55. The summed E-state index contributed by atoms with van der Waals surface area (Å²) in [6.45, 7) is 0. The van der Waals surface area contributed by atoms with Crippen LogP contribution in [-0.2, 0) is 20.5 Å². The quantitative estimate of drug-likeness (QED) is 0.457. The van der Waals surface area contributed by atoms with Crippen molar-refractivity contribution in [3.05, 3.63) is 144 Å². The Morgan fingerprint density at radius 3 is 0.862 bits per heavy atom. The minimum Gasteiger partial charge on any atom is -0.397 e. The Morgan fingerprint density at radius 2 is 0.621 bits per heavy atom. The van der Waals surface area contributed by atoms with Gasteiger partial charge in [-0.3, -0.25) is 0 Å². The molecule has 0 atom stereocenters. The van der Waals surface area contributed by atoms with Gasteiger partial charge >= 0.3 is 7.69 Å². The van der Waals surface area contributed by atoms with E-state index in [2.05, 4.69) is 97.1 Å². The second-order valence-electron chi connectivity index (χ2n) is 7.23. The van der Waals surface area contributed by atoms with E-state index in [1.165, 1.54) is 0 Å². The van der Waals surface area contributed by atoms with Crippen molar-refractivity contribution < 1.29 is 9.31 Å². The number of hydrogen-bond acceptors (Lipinski definition) is 2. The molecule has 2 nitrogen and oxygen atoms in total. The summed E-state index contributed by atoms with van der Waals surface area (Å²) in [5.41, 5.74) is 2.62. The van der Waals surface area contributed by atoms with E-state index >= 15 is 0 Å². The summed E-state index contributed by atoms with van der Waals surface area (Å²) in [6.07, 6.45) is 0. The van der Waals surface area contributed by atoms with Gasteiger partial charge in [-0.15, -0.1) is 0 Å². The maximum Gasteiger partial charge on any atom is 0.440 e. The highest BCUT2D eigenvalue weighted by molar-refractivity contribution is 6.20. The molecule has 4 aromatic rings. The van der Waals surface area contributed by atoms with E-state index in [4.69, 9.17) is 9.31 Å². The van der Waals surface area contributed by atoms with E-state index in [-0.39, 0.29) is 7.69 Å². The van der Waals surface area contributed by atoms with Crippen LogP contribution in [0, 0.1) is 0 Å². The molecule has 0 N–H and O–H groups in total. The highest BCUT2D eigenvalue weighted by atomic mass is 16.7. The molecule has 1 saturated heterocycles. The van der Waals surface area contributed by atoms with Crippen molar-refractivity contribution in [2.24, 2.45) is 0 Å². The van der Waals surface area contributed by atoms with E-state index in [0.717, 1.165) is 22.3 Å². The predicted octanol–water partition coefficient (Wildman–Crippen LogP) is 5.19. The van der Waals surface area contributed by atoms with Crippen LogP contribution in [0.25, 0.3) is 0 Å². The van der Waals surface area contributed by atoms with Gasteiger partial charge in [0.25, 0.3) is 0 Å². The summed E-state index contributed by atoms with van der Waals surface area (Å²) >= 11 is 0. The van der Waals surface area contributed by atoms with Crippen molar-refractivity contribution in [3.63, 3.8) is 0 Å². The third-order valence-corrected chi connectivity index (χ3v) is 5.77. The van der Waals surface area contributed by atoms with Crippen LogP contribution in [0.15, 0.2) is 121 Å². The van der Waals surface area contributed by atoms with Crippen molar-refractivity contribution in [3.8, 4) is 0 Å². The van der Waals surface area contributed by atoms with Crippen molar-refractivity contribution in [1.82, 2.24) is 0 Å². The summed E-state index contributed by atoms with van der Waals surface area (Å²) in [7, 11) is 0.202. The molecule has 4 aromatic carbocycles. The van der Waals surface area contributed by atoms with E-state index in [9.17, 15) is 0 Å². The molecule has 1 aliphatic heterocycles. The van der Waals surface area contributed by atoms with Crippen LogP contribution in [0.3, 0.4) is 0 Å². The SMILES string of the molecule is B1OC(c2ccccc2)(c2ccccc2)C(c2ccccc2)(c2ccccc2)O1. The molecule has 0 saturated carbocycles. The largest absolute Gasteiger partial charge is 0.440 e. The molecule has 0 amide bonds. The lowest BCUT2D eigenvalue weighted by atomic mass is 9.66. The Morgan fingerprint density at radius 1 is 0.379 bits per heavy atom. The first-order chi connectivity index (χ1) is 14.4. The molecule has 29 heavy (non-hydrogen) atoms. The maximum atomic E-state index is 6.62. The van der Waals surface area contributed by atoms with Gasteiger partial charge in [-0.05, 0) is 22.3 Å². The molecule has 1 fully saturated rings. The van der Waals surface area contributed by atoms with Crippen LogP contribution >= 0.6 is 0 Å². The van der Waals surface area contributed by atoms with Gasteiger partial charge in [-0.2, -0.15) is 0 Å². The Balaban J connectivity index is 1.90. The van der Waals surface area contributed by atoms with Gasteiger partial charge in [0.05, 0.1) is 0 Å². The first-order valence-corrected chi connectivity index (χ1v) is 9.88. The van der Waals surface area contributed by atoms with Crippen LogP contribution < -0.4 is 0 Å². The maximum absolute atomic E-state index is 6.62. The van der Waals surface area contributed by atoms with Crippen LogP contribution in [0.5, 0.6) is 0 Å². The minimum atomic E-state index is -0.821. The third kappa shape index (κ3) is 2.66. The second-order valence-corrected chi connectivity index (χ2v) is 7.23. The van der Waals surface area contributed by atoms with E-state index in [1.54, 1.807) is 0 Å². The number of benzene rings is 4. The fourth-order valence-electron chi connectivity index (χ4n) is 4.58. The summed E-state index contributed by atoms with van der Waals surface area (Å²) in [5.74, 6) is 0. The minimum absolute atomic E-state index is 0.202. The van der Waals surface area contributed by atoms with E-state index in [1.807, 2.05) is 24.3 Å². The smallest absolute Gasteiger partial charge is 0.397 e. The van der Waals surface area contributed by atoms with Gasteiger partial charge in [-0.1, -0.05) is 121 Å². The van der Waals surface area contributed by atoms with Gasteiger partial charge in [-0.25, -0.2) is 0 Å². The zero-order valence-corrected chi connectivity index (χ0v) is 16.1. The second kappa shape index (κ2) is 7.36. The number of hydrogen-bond donors (Lipinski definition) is 0. The molecule has 0 aliphatic carbocycles. The average molecular weight is 376 g/mol. The first kappa shape index (κ1) is 17.9. The van der Waals surface area contributed by atoms with Crippen molar-refractivity contribution in [2.45, 2.75) is 11.2 Å². The topological polar surface area (TPSA) is 18.5 Å². The molecule has 0 aromatic heterocycles. The van der Waals surface area contributed by atoms with E-state index in [0.29, 0.717) is 0 Å². The molecular weight excluding hydrogens is 355 g/mol. The zero-order chi connectivity index (χ0) is 19.6. The highest BCUT2D eigenvalue weighted by Gasteiger charge is 2.61. The molecular formula is C26H21BO2. The Labute approximate surface area is 172 Å². The molecule has 140 valence electrons. The Bertz CT molecular complexity index is 899. The lowest BCUT2D eigenvalue weighted by molar-refractivity contribution is 0.00370. The molecule has 1 heterocycles. The van der Waals surface area contributed by atoms with Crippen molar-refractivity contribution in [2.75, 3.05) is 0 Å². The van der Waals surface area contributed by atoms with Gasteiger partial charge < -0.3 is 9.31 Å². The standard InChI is InChI=1S/C26H21BO2/c1-5-13-21(14-6-1)25(22-15-7-2-8-16-22)26(29-27-28-25,23-17-9-3-10-18-23)24-19-11-4-12-20-24/h1-20,27H. The van der Waals surface area contributed by atoms with Crippen LogP contribution in [0.2, 0.25) is 0 Å². The van der Waals surface area contributed by atoms with Crippen molar-refractivity contribution >= 4 is 7.69 Å². The number of rotatable bonds is 4. The molecule has 1 aliphatic rings. The summed E-state index contributed by atoms with van der Waals surface area (Å²) in [4.78, 5) is 0. The first-order valence-electron chi connectivity index (χ1n) is 9.88. The lowest BCUT2D eigenvalue weighted by Crippen LogP contribution is -2.48. The normalized spacial score (nSPS) is 16.8. The lowest BCUT2D eigenvalue weighted by Gasteiger charge is -2.46. The monoisotopic (exact) mass is 376 g/mol. The summed E-state index contributed by atoms with van der Waals surface area (Å²) < 4.78 is 13.2. The third-order valence-electron chi connectivity index (χ3n) is 5.77. The van der Waals surface area contributed by atoms with E-state index < -0.39 is 11.2 Å².